The zero-order chi connectivity index (χ0) is 20.4. The van der Waals surface area contributed by atoms with Crippen LogP contribution in [-0.2, 0) is 11.3 Å². The van der Waals surface area contributed by atoms with Crippen molar-refractivity contribution in [1.82, 2.24) is 14.1 Å². The van der Waals surface area contributed by atoms with Crippen LogP contribution in [0.4, 0.5) is 0 Å². The summed E-state index contributed by atoms with van der Waals surface area (Å²) in [6, 6.07) is 6.48. The van der Waals surface area contributed by atoms with Crippen molar-refractivity contribution in [3.05, 3.63) is 51.0 Å². The molecular weight excluding hydrogens is 399 g/mol. The van der Waals surface area contributed by atoms with E-state index in [2.05, 4.69) is 4.98 Å². The van der Waals surface area contributed by atoms with Crippen LogP contribution < -0.4 is 11.4 Å². The molecule has 0 saturated carbocycles. The summed E-state index contributed by atoms with van der Waals surface area (Å²) in [4.78, 5) is 29.6. The summed E-state index contributed by atoms with van der Waals surface area (Å²) < 4.78 is 3.03. The lowest BCUT2D eigenvalue weighted by Gasteiger charge is -2.14. The topological polar surface area (TPSA) is 82.9 Å². The number of imidazole rings is 1. The monoisotopic (exact) mass is 420 g/mol. The third-order valence-corrected chi connectivity index (χ3v) is 5.58. The van der Waals surface area contributed by atoms with Gasteiger partial charge in [0.25, 0.3) is 0 Å². The highest BCUT2D eigenvalue weighted by atomic mass is 35.5. The lowest BCUT2D eigenvalue weighted by molar-refractivity contribution is -0.121. The molecule has 0 fully saturated rings. The molecule has 0 aliphatic carbocycles. The number of pyridine rings is 1. The molecule has 8 heteroatoms. The second-order valence-corrected chi connectivity index (χ2v) is 7.47. The molecule has 2 aromatic heterocycles. The number of fused-ring (bicyclic) bond motifs is 1. The van der Waals surface area contributed by atoms with Gasteiger partial charge in [-0.25, -0.2) is 9.78 Å². The maximum atomic E-state index is 13.0. The molecule has 2 heterocycles. The van der Waals surface area contributed by atoms with Gasteiger partial charge in [0, 0.05) is 18.3 Å². The Bertz CT molecular complexity index is 1090. The first-order chi connectivity index (χ1) is 13.4. The standard InChI is InChI=1S/C20H22Cl2N4O2/c1-3-5-6-16(18(23)27)26-19-17(25(4-2)20(26)28)10-13(11-24-19)12-7-8-14(21)15(22)9-12/h7-11,16H,3-6H2,1-2H3,(H2,23,27). The first kappa shape index (κ1) is 20.4. The molecule has 0 saturated heterocycles. The summed E-state index contributed by atoms with van der Waals surface area (Å²) in [5, 5.41) is 0.911. The molecule has 1 aromatic carbocycles. The molecule has 0 aliphatic heterocycles. The minimum Gasteiger partial charge on any atom is -0.368 e. The first-order valence-corrected chi connectivity index (χ1v) is 10.00. The van der Waals surface area contributed by atoms with Crippen LogP contribution in [0, 0.1) is 0 Å². The number of amides is 1. The zero-order valence-electron chi connectivity index (χ0n) is 15.8. The Morgan fingerprint density at radius 1 is 1.18 bits per heavy atom. The minimum atomic E-state index is -0.717. The van der Waals surface area contributed by atoms with E-state index in [0.717, 1.165) is 24.0 Å². The average molecular weight is 421 g/mol. The number of hydrogen-bond donors (Lipinski definition) is 1. The van der Waals surface area contributed by atoms with Gasteiger partial charge in [-0.1, -0.05) is 49.0 Å². The van der Waals surface area contributed by atoms with Crippen LogP contribution in [0.15, 0.2) is 35.3 Å². The van der Waals surface area contributed by atoms with Crippen molar-refractivity contribution >= 4 is 40.3 Å². The molecule has 2 N–H and O–H groups in total. The molecule has 28 heavy (non-hydrogen) atoms. The van der Waals surface area contributed by atoms with Gasteiger partial charge in [-0.2, -0.15) is 0 Å². The SMILES string of the molecule is CCCCC(C(N)=O)n1c(=O)n(CC)c2cc(-c3ccc(Cl)c(Cl)c3)cnc21. The number of rotatable bonds is 7. The summed E-state index contributed by atoms with van der Waals surface area (Å²) in [6.07, 6.45) is 3.86. The van der Waals surface area contributed by atoms with Crippen LogP contribution in [0.3, 0.4) is 0 Å². The Labute approximate surface area is 172 Å². The lowest BCUT2D eigenvalue weighted by Crippen LogP contribution is -2.34. The lowest BCUT2D eigenvalue weighted by atomic mass is 10.1. The normalized spacial score (nSPS) is 12.4. The number of carbonyl (C=O) groups is 1. The molecule has 0 aliphatic rings. The quantitative estimate of drug-likeness (QED) is 0.614. The van der Waals surface area contributed by atoms with E-state index in [0.29, 0.717) is 34.2 Å². The molecule has 1 unspecified atom stereocenters. The maximum Gasteiger partial charge on any atom is 0.331 e. The molecule has 6 nitrogen and oxygen atoms in total. The van der Waals surface area contributed by atoms with Crippen molar-refractivity contribution in [2.24, 2.45) is 5.73 Å². The second kappa shape index (κ2) is 8.37. The number of unbranched alkanes of at least 4 members (excludes halogenated alkanes) is 1. The maximum absolute atomic E-state index is 13.0. The predicted octanol–water partition coefficient (Wildman–Crippen LogP) is 4.41. The third kappa shape index (κ3) is 3.66. The van der Waals surface area contributed by atoms with Crippen LogP contribution in [0.5, 0.6) is 0 Å². The largest absolute Gasteiger partial charge is 0.368 e. The van der Waals surface area contributed by atoms with Crippen molar-refractivity contribution in [3.8, 4) is 11.1 Å². The molecule has 3 rings (SSSR count). The molecule has 1 amide bonds. The van der Waals surface area contributed by atoms with E-state index in [4.69, 9.17) is 28.9 Å². The summed E-state index contributed by atoms with van der Waals surface area (Å²) in [5.41, 5.74) is 8.07. The summed E-state index contributed by atoms with van der Waals surface area (Å²) >= 11 is 12.1. The Kier molecular flexibility index (Phi) is 6.10. The number of primary amides is 1. The van der Waals surface area contributed by atoms with Gasteiger partial charge in [-0.15, -0.1) is 0 Å². The number of nitrogens with zero attached hydrogens (tertiary/aromatic N) is 3. The van der Waals surface area contributed by atoms with E-state index in [9.17, 15) is 9.59 Å². The van der Waals surface area contributed by atoms with Gasteiger partial charge in [0.05, 0.1) is 15.6 Å². The molecule has 1 atom stereocenters. The Hall–Kier alpha value is -2.31. The van der Waals surface area contributed by atoms with Crippen LogP contribution in [0.25, 0.3) is 22.3 Å². The van der Waals surface area contributed by atoms with Gasteiger partial charge in [0.2, 0.25) is 5.91 Å². The highest BCUT2D eigenvalue weighted by Crippen LogP contribution is 2.30. The van der Waals surface area contributed by atoms with Crippen molar-refractivity contribution in [3.63, 3.8) is 0 Å². The number of benzene rings is 1. The van der Waals surface area contributed by atoms with Gasteiger partial charge in [-0.05, 0) is 37.1 Å². The number of hydrogen-bond acceptors (Lipinski definition) is 3. The Morgan fingerprint density at radius 2 is 1.93 bits per heavy atom. The first-order valence-electron chi connectivity index (χ1n) is 9.24. The molecular formula is C20H22Cl2N4O2. The van der Waals surface area contributed by atoms with E-state index < -0.39 is 11.9 Å². The number of halogens is 2. The Balaban J connectivity index is 2.20. The summed E-state index contributed by atoms with van der Waals surface area (Å²) in [6.45, 7) is 4.36. The number of aryl methyl sites for hydroxylation is 1. The molecule has 0 spiro atoms. The van der Waals surface area contributed by atoms with Crippen molar-refractivity contribution in [2.75, 3.05) is 0 Å². The Morgan fingerprint density at radius 3 is 2.54 bits per heavy atom. The van der Waals surface area contributed by atoms with Crippen molar-refractivity contribution < 1.29 is 4.79 Å². The fourth-order valence-electron chi connectivity index (χ4n) is 3.37. The second-order valence-electron chi connectivity index (χ2n) is 6.65. The zero-order valence-corrected chi connectivity index (χ0v) is 17.3. The van der Waals surface area contributed by atoms with Crippen LogP contribution in [-0.4, -0.2) is 20.0 Å². The number of aromatic nitrogens is 3. The molecule has 0 radical (unpaired) electrons. The van der Waals surface area contributed by atoms with Gasteiger partial charge < -0.3 is 5.73 Å². The summed E-state index contributed by atoms with van der Waals surface area (Å²) in [7, 11) is 0. The fourth-order valence-corrected chi connectivity index (χ4v) is 3.67. The van der Waals surface area contributed by atoms with Gasteiger partial charge in [0.15, 0.2) is 5.65 Å². The molecule has 148 valence electrons. The van der Waals surface area contributed by atoms with E-state index in [1.807, 2.05) is 26.0 Å². The van der Waals surface area contributed by atoms with E-state index in [1.54, 1.807) is 22.9 Å². The predicted molar refractivity (Wildman–Crippen MR) is 113 cm³/mol. The van der Waals surface area contributed by atoms with E-state index in [-0.39, 0.29) is 5.69 Å². The number of carbonyl (C=O) groups excluding carboxylic acids is 1. The van der Waals surface area contributed by atoms with Crippen LogP contribution >= 0.6 is 23.2 Å². The highest BCUT2D eigenvalue weighted by Gasteiger charge is 2.25. The average Bonchev–Trinajstić information content (AvgIpc) is 2.95. The van der Waals surface area contributed by atoms with Gasteiger partial charge in [0.1, 0.15) is 6.04 Å². The molecule has 3 aromatic rings. The third-order valence-electron chi connectivity index (χ3n) is 4.84. The number of nitrogens with two attached hydrogens (primary N) is 1. The van der Waals surface area contributed by atoms with Crippen LogP contribution in [0.2, 0.25) is 10.0 Å². The molecule has 0 bridgehead atoms. The van der Waals surface area contributed by atoms with Gasteiger partial charge in [-0.3, -0.25) is 13.9 Å². The smallest absolute Gasteiger partial charge is 0.331 e. The minimum absolute atomic E-state index is 0.281. The highest BCUT2D eigenvalue weighted by molar-refractivity contribution is 6.42. The van der Waals surface area contributed by atoms with E-state index >= 15 is 0 Å². The van der Waals surface area contributed by atoms with E-state index in [1.165, 1.54) is 4.57 Å². The van der Waals surface area contributed by atoms with Gasteiger partial charge >= 0.3 is 5.69 Å². The van der Waals surface area contributed by atoms with Crippen molar-refractivity contribution in [1.29, 1.82) is 0 Å². The summed E-state index contributed by atoms with van der Waals surface area (Å²) in [5.74, 6) is -0.527. The fraction of sp³-hybridized carbons (Fsp3) is 0.350. The van der Waals surface area contributed by atoms with Crippen LogP contribution in [0.1, 0.15) is 39.2 Å². The van der Waals surface area contributed by atoms with Crippen molar-refractivity contribution in [2.45, 2.75) is 45.7 Å².